The molecule has 1 unspecified atom stereocenters. The van der Waals surface area contributed by atoms with Crippen LogP contribution in [0.15, 0.2) is 30.6 Å². The fourth-order valence-corrected chi connectivity index (χ4v) is 3.94. The van der Waals surface area contributed by atoms with E-state index < -0.39 is 0 Å². The van der Waals surface area contributed by atoms with Crippen LogP contribution in [0.4, 0.5) is 21.7 Å². The van der Waals surface area contributed by atoms with E-state index in [0.29, 0.717) is 36.2 Å². The molecule has 0 aliphatic carbocycles. The van der Waals surface area contributed by atoms with Crippen molar-refractivity contribution in [2.45, 2.75) is 13.0 Å². The maximum absolute atomic E-state index is 14.5. The fourth-order valence-electron chi connectivity index (χ4n) is 3.94. The number of benzene rings is 1. The van der Waals surface area contributed by atoms with Gasteiger partial charge < -0.3 is 24.9 Å². The lowest BCUT2D eigenvalue weighted by Crippen LogP contribution is -2.47. The normalized spacial score (nSPS) is 20.1. The summed E-state index contributed by atoms with van der Waals surface area (Å²) < 4.78 is 14.5. The Balaban J connectivity index is 1.38. The number of halogens is 1. The summed E-state index contributed by atoms with van der Waals surface area (Å²) in [5.41, 5.74) is 1.84. The van der Waals surface area contributed by atoms with E-state index in [-0.39, 0.29) is 19.0 Å². The van der Waals surface area contributed by atoms with E-state index in [9.17, 15) is 14.6 Å². The van der Waals surface area contributed by atoms with E-state index in [1.54, 1.807) is 18.2 Å². The number of anilines is 3. The van der Waals surface area contributed by atoms with Gasteiger partial charge in [0.05, 0.1) is 30.4 Å². The topological polar surface area (TPSA) is 76.0 Å². The first-order valence-corrected chi connectivity index (χ1v) is 9.75. The predicted molar refractivity (Wildman–Crippen MR) is 106 cm³/mol. The zero-order chi connectivity index (χ0) is 19.5. The molecule has 0 saturated carbocycles. The lowest BCUT2D eigenvalue weighted by Gasteiger charge is -2.37. The molecule has 3 heterocycles. The number of aliphatic hydroxyl groups is 2. The molecule has 4 rings (SSSR count). The predicted octanol–water partition coefficient (Wildman–Crippen LogP) is 1.25. The Labute approximate surface area is 164 Å². The highest BCUT2D eigenvalue weighted by Crippen LogP contribution is 2.26. The maximum atomic E-state index is 14.5. The van der Waals surface area contributed by atoms with Crippen molar-refractivity contribution in [3.05, 3.63) is 42.0 Å². The highest BCUT2D eigenvalue weighted by atomic mass is 19.1. The summed E-state index contributed by atoms with van der Waals surface area (Å²) in [6.45, 7) is 4.48. The van der Waals surface area contributed by atoms with Gasteiger partial charge in [-0.3, -0.25) is 0 Å². The lowest BCUT2D eigenvalue weighted by molar-refractivity contribution is 0.238. The van der Waals surface area contributed by atoms with Crippen LogP contribution in [-0.4, -0.2) is 66.1 Å². The second kappa shape index (κ2) is 8.28. The second-order valence-corrected chi connectivity index (χ2v) is 7.41. The van der Waals surface area contributed by atoms with Crippen LogP contribution in [0.1, 0.15) is 12.0 Å². The molecule has 0 radical (unpaired) electrons. The number of rotatable bonds is 5. The van der Waals surface area contributed by atoms with Crippen LogP contribution in [0.25, 0.3) is 0 Å². The summed E-state index contributed by atoms with van der Waals surface area (Å²) in [7, 11) is 0. The Morgan fingerprint density at radius 1 is 0.964 bits per heavy atom. The minimum absolute atomic E-state index is 0.209. The van der Waals surface area contributed by atoms with Crippen LogP contribution in [0.3, 0.4) is 0 Å². The maximum Gasteiger partial charge on any atom is 0.225 e. The Morgan fingerprint density at radius 3 is 2.32 bits per heavy atom. The van der Waals surface area contributed by atoms with Gasteiger partial charge in [-0.15, -0.1) is 0 Å². The lowest BCUT2D eigenvalue weighted by atomic mass is 10.1. The van der Waals surface area contributed by atoms with Crippen molar-refractivity contribution in [2.75, 3.05) is 60.6 Å². The average Bonchev–Trinajstić information content (AvgIpc) is 3.24. The van der Waals surface area contributed by atoms with Crippen LogP contribution in [0, 0.1) is 11.7 Å². The minimum Gasteiger partial charge on any atom is -0.396 e. The third-order valence-corrected chi connectivity index (χ3v) is 5.67. The van der Waals surface area contributed by atoms with Gasteiger partial charge in [-0.2, -0.15) is 0 Å². The zero-order valence-electron chi connectivity index (χ0n) is 15.8. The van der Waals surface area contributed by atoms with Gasteiger partial charge in [0.25, 0.3) is 0 Å². The number of nitrogens with zero attached hydrogens (tertiary/aromatic N) is 5. The summed E-state index contributed by atoms with van der Waals surface area (Å²) >= 11 is 0. The van der Waals surface area contributed by atoms with Crippen LogP contribution in [-0.2, 0) is 6.61 Å². The van der Waals surface area contributed by atoms with Crippen molar-refractivity contribution in [3.8, 4) is 0 Å². The molecule has 150 valence electrons. The molecule has 2 N–H and O–H groups in total. The van der Waals surface area contributed by atoms with Crippen LogP contribution in [0.2, 0.25) is 0 Å². The Hall–Kier alpha value is -2.45. The minimum atomic E-state index is -0.335. The van der Waals surface area contributed by atoms with Gasteiger partial charge in [0.15, 0.2) is 5.82 Å². The van der Waals surface area contributed by atoms with Crippen molar-refractivity contribution in [1.82, 2.24) is 9.97 Å². The summed E-state index contributed by atoms with van der Waals surface area (Å²) in [6, 6.07) is 5.15. The van der Waals surface area contributed by atoms with Crippen molar-refractivity contribution >= 4 is 17.3 Å². The molecule has 0 spiro atoms. The van der Waals surface area contributed by atoms with Crippen LogP contribution >= 0.6 is 0 Å². The third-order valence-electron chi connectivity index (χ3n) is 5.67. The monoisotopic (exact) mass is 387 g/mol. The number of piperazine rings is 1. The molecule has 7 nitrogen and oxygen atoms in total. The van der Waals surface area contributed by atoms with Crippen LogP contribution < -0.4 is 14.7 Å². The number of hydrogen-bond donors (Lipinski definition) is 2. The molecule has 8 heteroatoms. The fraction of sp³-hybridized carbons (Fsp3) is 0.500. The molecule has 2 fully saturated rings. The first-order valence-electron chi connectivity index (χ1n) is 9.75. The van der Waals surface area contributed by atoms with Gasteiger partial charge in [-0.25, -0.2) is 14.4 Å². The SMILES string of the molecule is OCc1cccc(N2CCN(c3cnc(N4CCC(CO)C4)nc3)CC2)c1F. The quantitative estimate of drug-likeness (QED) is 0.800. The number of aliphatic hydroxyl groups excluding tert-OH is 2. The third kappa shape index (κ3) is 3.74. The smallest absolute Gasteiger partial charge is 0.225 e. The first kappa shape index (κ1) is 18.9. The van der Waals surface area contributed by atoms with Crippen molar-refractivity contribution in [1.29, 1.82) is 0 Å². The molecule has 1 aromatic carbocycles. The van der Waals surface area contributed by atoms with Gasteiger partial charge in [-0.05, 0) is 12.5 Å². The summed E-state index contributed by atoms with van der Waals surface area (Å²) in [5.74, 6) is 0.681. The molecule has 0 bridgehead atoms. The summed E-state index contributed by atoms with van der Waals surface area (Å²) in [6.07, 6.45) is 4.66. The highest BCUT2D eigenvalue weighted by Gasteiger charge is 2.25. The Kier molecular flexibility index (Phi) is 5.59. The van der Waals surface area contributed by atoms with E-state index in [2.05, 4.69) is 19.8 Å². The molecular formula is C20H26FN5O2. The molecule has 2 aromatic rings. The van der Waals surface area contributed by atoms with E-state index >= 15 is 0 Å². The molecule has 1 atom stereocenters. The zero-order valence-corrected chi connectivity index (χ0v) is 15.8. The molecule has 2 aliphatic heterocycles. The average molecular weight is 387 g/mol. The van der Waals surface area contributed by atoms with E-state index in [4.69, 9.17) is 0 Å². The van der Waals surface area contributed by atoms with E-state index in [1.165, 1.54) is 0 Å². The first-order chi connectivity index (χ1) is 13.7. The van der Waals surface area contributed by atoms with Gasteiger partial charge in [0, 0.05) is 57.4 Å². The van der Waals surface area contributed by atoms with E-state index in [0.717, 1.165) is 38.3 Å². The van der Waals surface area contributed by atoms with E-state index in [1.807, 2.05) is 17.3 Å². The summed E-state index contributed by atoms with van der Waals surface area (Å²) in [4.78, 5) is 15.3. The molecular weight excluding hydrogens is 361 g/mol. The van der Waals surface area contributed by atoms with Gasteiger partial charge in [0.2, 0.25) is 5.95 Å². The molecule has 0 amide bonds. The molecule has 1 aromatic heterocycles. The van der Waals surface area contributed by atoms with Crippen LogP contribution in [0.5, 0.6) is 0 Å². The Morgan fingerprint density at radius 2 is 1.68 bits per heavy atom. The van der Waals surface area contributed by atoms with Gasteiger partial charge >= 0.3 is 0 Å². The standard InChI is InChI=1S/C20H26FN5O2/c21-19-16(14-28)2-1-3-18(19)25-8-6-24(7-9-25)17-10-22-20(23-11-17)26-5-4-15(12-26)13-27/h1-3,10-11,15,27-28H,4-9,12-14H2. The molecule has 2 aliphatic rings. The molecule has 28 heavy (non-hydrogen) atoms. The van der Waals surface area contributed by atoms with Crippen molar-refractivity contribution in [2.24, 2.45) is 5.92 Å². The second-order valence-electron chi connectivity index (χ2n) is 7.41. The number of aromatic nitrogens is 2. The molecule has 2 saturated heterocycles. The van der Waals surface area contributed by atoms with Gasteiger partial charge in [-0.1, -0.05) is 12.1 Å². The van der Waals surface area contributed by atoms with Gasteiger partial charge in [0.1, 0.15) is 0 Å². The van der Waals surface area contributed by atoms with Crippen molar-refractivity contribution in [3.63, 3.8) is 0 Å². The Bertz CT molecular complexity index is 796. The largest absolute Gasteiger partial charge is 0.396 e. The number of hydrogen-bond acceptors (Lipinski definition) is 7. The summed E-state index contributed by atoms with van der Waals surface area (Å²) in [5, 5.41) is 18.5. The van der Waals surface area contributed by atoms with Crippen molar-refractivity contribution < 1.29 is 14.6 Å². The highest BCUT2D eigenvalue weighted by molar-refractivity contribution is 5.53.